The Hall–Kier alpha value is 0. The molecule has 25 rings (SSSR count). The summed E-state index contributed by atoms with van der Waals surface area (Å²) in [6, 6.07) is 0. The maximum absolute atomic E-state index is 1.58. The van der Waals surface area contributed by atoms with Gasteiger partial charge in [0.1, 0.15) is 0 Å². The lowest BCUT2D eigenvalue weighted by Crippen LogP contribution is -2.38. The monoisotopic (exact) mass is 1060 g/mol. The molecule has 0 saturated heterocycles. The highest BCUT2D eigenvalue weighted by Gasteiger charge is 2.41. The average molecular weight is 1060 g/mol. The second kappa shape index (κ2) is 31.2. The molecule has 6 atom stereocenters. The van der Waals surface area contributed by atoms with E-state index in [1.54, 1.807) is 295 Å². The van der Waals surface area contributed by atoms with Crippen LogP contribution in [0.5, 0.6) is 0 Å². The molecule has 0 aliphatic heterocycles. The third-order valence-electron chi connectivity index (χ3n) is 27.7. The van der Waals surface area contributed by atoms with Crippen molar-refractivity contribution in [2.24, 2.45) is 118 Å². The fourth-order valence-corrected chi connectivity index (χ4v) is 22.1. The smallest absolute Gasteiger partial charge is 0.0406 e. The summed E-state index contributed by atoms with van der Waals surface area (Å²) >= 11 is 0. The third kappa shape index (κ3) is 19.3. The van der Waals surface area contributed by atoms with Crippen molar-refractivity contribution in [1.29, 1.82) is 0 Å². The Labute approximate surface area is 481 Å². The SMILES string of the molecule is C1C2CC1C2.C1CC2CC(C1)C2.C1CC2CC1C2.C1CC2CCC(C1)C2.C1CC2CCC1C2.C1CC2CCC1CC2.C1CC2CCCC(C1)C2.C1CCC2CC(C1)C2.C1CCC2CCC(C1)C2.C1CCC2CCCC(C1)C2. The molecule has 0 aromatic rings. The maximum atomic E-state index is 1.58. The van der Waals surface area contributed by atoms with Gasteiger partial charge in [-0.15, -0.1) is 0 Å². The van der Waals surface area contributed by atoms with Gasteiger partial charge in [0.2, 0.25) is 0 Å². The van der Waals surface area contributed by atoms with Gasteiger partial charge in [0.25, 0.3) is 0 Å². The van der Waals surface area contributed by atoms with Crippen molar-refractivity contribution in [2.45, 2.75) is 366 Å². The van der Waals surface area contributed by atoms with Crippen LogP contribution in [-0.2, 0) is 0 Å². The topological polar surface area (TPSA) is 0 Å². The van der Waals surface area contributed by atoms with Crippen LogP contribution in [0.1, 0.15) is 366 Å². The van der Waals surface area contributed by atoms with Crippen molar-refractivity contribution < 1.29 is 0 Å². The highest BCUT2D eigenvalue weighted by molar-refractivity contribution is 4.93. The molecule has 0 spiro atoms. The van der Waals surface area contributed by atoms with E-state index in [9.17, 15) is 0 Å². The van der Waals surface area contributed by atoms with E-state index in [4.69, 9.17) is 0 Å². The van der Waals surface area contributed by atoms with Crippen molar-refractivity contribution in [2.75, 3.05) is 0 Å². The molecule has 77 heavy (non-hydrogen) atoms. The molecule has 0 N–H and O–H groups in total. The molecule has 25 aliphatic rings. The lowest BCUT2D eigenvalue weighted by molar-refractivity contribution is 0.0198. The lowest BCUT2D eigenvalue weighted by Gasteiger charge is -2.49. The van der Waals surface area contributed by atoms with E-state index in [0.717, 1.165) is 59.2 Å². The van der Waals surface area contributed by atoms with Crippen LogP contribution in [0.25, 0.3) is 0 Å². The van der Waals surface area contributed by atoms with Crippen LogP contribution in [0.15, 0.2) is 0 Å². The zero-order chi connectivity index (χ0) is 51.9. The molecular formula is C77H134. The predicted molar refractivity (Wildman–Crippen MR) is 333 cm³/mol. The zero-order valence-corrected chi connectivity index (χ0v) is 51.9. The van der Waals surface area contributed by atoms with Crippen LogP contribution in [0.3, 0.4) is 0 Å². The molecule has 6 unspecified atom stereocenters. The van der Waals surface area contributed by atoms with Crippen LogP contribution in [0.4, 0.5) is 0 Å². The summed E-state index contributed by atoms with van der Waals surface area (Å²) in [4.78, 5) is 0. The highest BCUT2D eigenvalue weighted by atomic mass is 14.5. The van der Waals surface area contributed by atoms with Crippen molar-refractivity contribution in [3.8, 4) is 0 Å². The van der Waals surface area contributed by atoms with Gasteiger partial charge in [0, 0.05) is 0 Å². The van der Waals surface area contributed by atoms with E-state index < -0.39 is 0 Å². The average Bonchev–Trinajstić information content (AvgIpc) is 4.29. The second-order valence-corrected chi connectivity index (χ2v) is 33.7. The first-order valence-electron chi connectivity index (χ1n) is 38.0. The molecule has 0 amide bonds. The Kier molecular flexibility index (Phi) is 23.8. The minimum absolute atomic E-state index is 1.14. The van der Waals surface area contributed by atoms with Gasteiger partial charge in [-0.1, -0.05) is 276 Å². The standard InChI is InChI=1S/C10H18.2C9H16.3C8H14.2C7H12.C6H10.C5H8/c1-2-5-10-7-3-6-9(4-1)8-10;1-3-8-5-2-6-9(4-1)7-8;1-2-4-9-6-5-8(3-1)7-9;1-2-8-5-3-7(1)4-6-8;1-2-7-4-5-8(3-1)6-7;1-2-4-8-5-7(3-1)6-8;1-2-7-4-3-6(1)5-7;1-2-6-4-7(3-1)5-6;1-2-6-3-5(1)4-6;1-4-2-5(1)3-4/h9-10H,1-8H2;2*8-9H,1-7H2;3*7-8H,1-6H2;2*6-7H,1-5H2;5-6H,1-4H2;4-5H,1-3H2. The van der Waals surface area contributed by atoms with Crippen molar-refractivity contribution >= 4 is 0 Å². The Bertz CT molecular complexity index is 1400. The molecule has 0 aromatic carbocycles. The molecular weight excluding hydrogens is 925 g/mol. The highest BCUT2D eigenvalue weighted by Crippen LogP contribution is 2.53. The van der Waals surface area contributed by atoms with Crippen LogP contribution in [0, 0.1) is 118 Å². The third-order valence-corrected chi connectivity index (χ3v) is 27.7. The first kappa shape index (κ1) is 58.8. The number of fused-ring (bicyclic) bond motifs is 19. The van der Waals surface area contributed by atoms with Gasteiger partial charge < -0.3 is 0 Å². The molecule has 0 heterocycles. The number of hydrogen-bond acceptors (Lipinski definition) is 0. The summed E-state index contributed by atoms with van der Waals surface area (Å²) < 4.78 is 0. The van der Waals surface area contributed by atoms with E-state index in [2.05, 4.69) is 0 Å². The summed E-state index contributed by atoms with van der Waals surface area (Å²) in [7, 11) is 0. The molecule has 25 saturated carbocycles. The van der Waals surface area contributed by atoms with Crippen LogP contribution in [-0.4, -0.2) is 0 Å². The summed E-state index contributed by atoms with van der Waals surface area (Å²) in [5.74, 6) is 23.3. The number of hydrogen-bond donors (Lipinski definition) is 0. The Morgan fingerprint density at radius 2 is 0.182 bits per heavy atom. The molecule has 25 aliphatic carbocycles. The molecule has 442 valence electrons. The molecule has 0 nitrogen and oxygen atoms in total. The summed E-state index contributed by atoms with van der Waals surface area (Å²) in [6.45, 7) is 0. The Morgan fingerprint density at radius 1 is 0.0779 bits per heavy atom. The largest absolute Gasteiger partial charge is 0.0530 e. The molecule has 20 bridgehead atoms. The quantitative estimate of drug-likeness (QED) is 0.227. The first-order valence-corrected chi connectivity index (χ1v) is 38.0. The van der Waals surface area contributed by atoms with Crippen LogP contribution in [0.2, 0.25) is 0 Å². The number of rotatable bonds is 0. The van der Waals surface area contributed by atoms with Gasteiger partial charge >= 0.3 is 0 Å². The van der Waals surface area contributed by atoms with Crippen molar-refractivity contribution in [3.05, 3.63) is 0 Å². The molecule has 25 fully saturated rings. The van der Waals surface area contributed by atoms with E-state index in [0.29, 0.717) is 0 Å². The van der Waals surface area contributed by atoms with Gasteiger partial charge in [-0.3, -0.25) is 0 Å². The van der Waals surface area contributed by atoms with Gasteiger partial charge in [0.05, 0.1) is 0 Å². The van der Waals surface area contributed by atoms with Gasteiger partial charge in [-0.2, -0.15) is 0 Å². The van der Waals surface area contributed by atoms with Gasteiger partial charge in [0.15, 0.2) is 0 Å². The minimum atomic E-state index is 1.14. The fourth-order valence-electron chi connectivity index (χ4n) is 22.1. The van der Waals surface area contributed by atoms with Crippen molar-refractivity contribution in [3.63, 3.8) is 0 Å². The summed E-state index contributed by atoms with van der Waals surface area (Å²) in [5, 5.41) is 0. The van der Waals surface area contributed by atoms with E-state index in [1.165, 1.54) is 130 Å². The van der Waals surface area contributed by atoms with Crippen molar-refractivity contribution in [1.82, 2.24) is 0 Å². The van der Waals surface area contributed by atoms with Gasteiger partial charge in [-0.25, -0.2) is 0 Å². The predicted octanol–water partition coefficient (Wildman–Crippen LogP) is 24.7. The molecule has 0 radical (unpaired) electrons. The van der Waals surface area contributed by atoms with Gasteiger partial charge in [-0.05, 0) is 208 Å². The fraction of sp³-hybridized carbons (Fsp3) is 1.00. The zero-order valence-electron chi connectivity index (χ0n) is 51.9. The summed E-state index contributed by atoms with van der Waals surface area (Å²) in [5.41, 5.74) is 0. The normalized spacial score (nSPS) is 45.8. The Morgan fingerprint density at radius 3 is 0.338 bits per heavy atom. The molecule has 0 heteroatoms. The summed E-state index contributed by atoms with van der Waals surface area (Å²) in [6.07, 6.45) is 88.8. The minimum Gasteiger partial charge on any atom is -0.0530 e. The first-order chi connectivity index (χ1) is 38.0. The van der Waals surface area contributed by atoms with Crippen LogP contribution < -0.4 is 0 Å². The van der Waals surface area contributed by atoms with E-state index >= 15 is 0 Å². The van der Waals surface area contributed by atoms with Crippen LogP contribution >= 0.6 is 0 Å². The Balaban J connectivity index is 0.0000000914. The van der Waals surface area contributed by atoms with E-state index in [-0.39, 0.29) is 0 Å². The molecule has 0 aromatic heterocycles. The van der Waals surface area contributed by atoms with E-state index in [1.807, 2.05) is 0 Å². The lowest BCUT2D eigenvalue weighted by atomic mass is 9.56. The maximum Gasteiger partial charge on any atom is -0.0406 e. The second-order valence-electron chi connectivity index (χ2n) is 33.7.